The third-order valence-corrected chi connectivity index (χ3v) is 2.27. The molecule has 0 spiro atoms. The van der Waals surface area contributed by atoms with E-state index in [1.165, 1.54) is 7.11 Å². The normalized spacial score (nSPS) is 9.80. The van der Waals surface area contributed by atoms with Crippen LogP contribution < -0.4 is 4.74 Å². The summed E-state index contributed by atoms with van der Waals surface area (Å²) in [5.74, 6) is 0.444. The van der Waals surface area contributed by atoms with Crippen LogP contribution in [0.3, 0.4) is 0 Å². The van der Waals surface area contributed by atoms with Crippen molar-refractivity contribution in [1.29, 1.82) is 0 Å². The van der Waals surface area contributed by atoms with Gasteiger partial charge in [0.15, 0.2) is 0 Å². The number of carbonyl (C=O) groups excluding carboxylic acids is 1. The topological polar surface area (TPSA) is 35.5 Å². The molecule has 1 rings (SSSR count). The highest BCUT2D eigenvalue weighted by atomic mass is 79.9. The highest BCUT2D eigenvalue weighted by Gasteiger charge is 2.09. The number of halogens is 1. The average Bonchev–Trinajstić information content (AvgIpc) is 2.25. The standard InChI is InChI=1S/C11H13BrO3/c1-8-7-9(15-6-5-12)3-4-10(8)11(13)14-2/h3-4,7H,5-6H2,1-2H3. The van der Waals surface area contributed by atoms with Crippen LogP contribution in [0.5, 0.6) is 5.75 Å². The third-order valence-electron chi connectivity index (χ3n) is 1.95. The molecule has 0 radical (unpaired) electrons. The summed E-state index contributed by atoms with van der Waals surface area (Å²) in [6, 6.07) is 5.31. The first-order chi connectivity index (χ1) is 7.19. The van der Waals surface area contributed by atoms with Crippen molar-refractivity contribution in [2.75, 3.05) is 19.0 Å². The van der Waals surface area contributed by atoms with Gasteiger partial charge in [0.2, 0.25) is 0 Å². The summed E-state index contributed by atoms with van der Waals surface area (Å²) in [4.78, 5) is 11.3. The second-order valence-corrected chi connectivity index (χ2v) is 3.80. The van der Waals surface area contributed by atoms with E-state index in [4.69, 9.17) is 4.74 Å². The fourth-order valence-corrected chi connectivity index (χ4v) is 1.38. The first-order valence-electron chi connectivity index (χ1n) is 4.56. The molecule has 0 aromatic heterocycles. The molecule has 0 amide bonds. The minimum absolute atomic E-state index is 0.320. The number of ether oxygens (including phenoxy) is 2. The van der Waals surface area contributed by atoms with Crippen LogP contribution in [0, 0.1) is 6.92 Å². The van der Waals surface area contributed by atoms with Gasteiger partial charge in [-0.2, -0.15) is 0 Å². The molecule has 0 saturated heterocycles. The summed E-state index contributed by atoms with van der Waals surface area (Å²) in [5, 5.41) is 0.783. The van der Waals surface area contributed by atoms with Crippen molar-refractivity contribution in [2.45, 2.75) is 6.92 Å². The van der Waals surface area contributed by atoms with Gasteiger partial charge in [-0.3, -0.25) is 0 Å². The van der Waals surface area contributed by atoms with Crippen LogP contribution >= 0.6 is 15.9 Å². The minimum atomic E-state index is -0.320. The van der Waals surface area contributed by atoms with E-state index in [-0.39, 0.29) is 5.97 Å². The quantitative estimate of drug-likeness (QED) is 0.624. The van der Waals surface area contributed by atoms with E-state index in [1.807, 2.05) is 13.0 Å². The summed E-state index contributed by atoms with van der Waals surface area (Å²) < 4.78 is 10.1. The Balaban J connectivity index is 2.83. The van der Waals surface area contributed by atoms with Gasteiger partial charge in [0.25, 0.3) is 0 Å². The Bertz CT molecular complexity index is 350. The van der Waals surface area contributed by atoms with Gasteiger partial charge in [-0.15, -0.1) is 0 Å². The lowest BCUT2D eigenvalue weighted by molar-refractivity contribution is 0.0600. The molecule has 1 aromatic carbocycles. The van der Waals surface area contributed by atoms with Crippen LogP contribution in [0.15, 0.2) is 18.2 Å². The van der Waals surface area contributed by atoms with E-state index in [9.17, 15) is 4.79 Å². The van der Waals surface area contributed by atoms with Crippen LogP contribution in [-0.2, 0) is 4.74 Å². The van der Waals surface area contributed by atoms with Gasteiger partial charge >= 0.3 is 5.97 Å². The molecule has 0 aliphatic carbocycles. The van der Waals surface area contributed by atoms with Crippen LogP contribution in [0.25, 0.3) is 0 Å². The van der Waals surface area contributed by atoms with Gasteiger partial charge in [-0.05, 0) is 30.7 Å². The zero-order valence-corrected chi connectivity index (χ0v) is 10.3. The van der Waals surface area contributed by atoms with E-state index in [1.54, 1.807) is 12.1 Å². The van der Waals surface area contributed by atoms with Crippen molar-refractivity contribution in [1.82, 2.24) is 0 Å². The van der Waals surface area contributed by atoms with Crippen molar-refractivity contribution in [2.24, 2.45) is 0 Å². The van der Waals surface area contributed by atoms with E-state index in [0.29, 0.717) is 12.2 Å². The molecular formula is C11H13BrO3. The molecule has 15 heavy (non-hydrogen) atoms. The summed E-state index contributed by atoms with van der Waals surface area (Å²) in [5.41, 5.74) is 1.43. The Morgan fingerprint density at radius 3 is 2.73 bits per heavy atom. The van der Waals surface area contributed by atoms with Crippen molar-refractivity contribution in [3.63, 3.8) is 0 Å². The summed E-state index contributed by atoms with van der Waals surface area (Å²) in [6.45, 7) is 2.46. The highest BCUT2D eigenvalue weighted by molar-refractivity contribution is 9.09. The molecule has 0 atom stereocenters. The molecule has 4 heteroatoms. The molecule has 0 saturated carbocycles. The summed E-state index contributed by atoms with van der Waals surface area (Å²) >= 11 is 3.28. The molecule has 0 N–H and O–H groups in total. The zero-order chi connectivity index (χ0) is 11.3. The molecule has 0 aliphatic rings. The highest BCUT2D eigenvalue weighted by Crippen LogP contribution is 2.17. The van der Waals surface area contributed by atoms with Gasteiger partial charge in [-0.1, -0.05) is 15.9 Å². The number of carbonyl (C=O) groups is 1. The molecule has 0 bridgehead atoms. The number of benzene rings is 1. The van der Waals surface area contributed by atoms with E-state index in [0.717, 1.165) is 16.6 Å². The van der Waals surface area contributed by atoms with E-state index >= 15 is 0 Å². The van der Waals surface area contributed by atoms with Gasteiger partial charge in [0.05, 0.1) is 19.3 Å². The summed E-state index contributed by atoms with van der Waals surface area (Å²) in [6.07, 6.45) is 0. The molecule has 82 valence electrons. The Morgan fingerprint density at radius 1 is 1.47 bits per heavy atom. The second-order valence-electron chi connectivity index (χ2n) is 3.01. The predicted octanol–water partition coefficient (Wildman–Crippen LogP) is 2.56. The predicted molar refractivity (Wildman–Crippen MR) is 61.8 cm³/mol. The van der Waals surface area contributed by atoms with Crippen LogP contribution in [0.1, 0.15) is 15.9 Å². The second kappa shape index (κ2) is 5.75. The fraction of sp³-hybridized carbons (Fsp3) is 0.364. The van der Waals surface area contributed by atoms with Crippen LogP contribution in [0.4, 0.5) is 0 Å². The first-order valence-corrected chi connectivity index (χ1v) is 5.69. The number of hydrogen-bond acceptors (Lipinski definition) is 3. The lowest BCUT2D eigenvalue weighted by Crippen LogP contribution is -2.04. The molecule has 0 aliphatic heterocycles. The monoisotopic (exact) mass is 272 g/mol. The van der Waals surface area contributed by atoms with Crippen molar-refractivity contribution >= 4 is 21.9 Å². The Morgan fingerprint density at radius 2 is 2.20 bits per heavy atom. The maximum Gasteiger partial charge on any atom is 0.338 e. The van der Waals surface area contributed by atoms with Gasteiger partial charge in [0, 0.05) is 5.33 Å². The van der Waals surface area contributed by atoms with Gasteiger partial charge < -0.3 is 9.47 Å². The Kier molecular flexibility index (Phi) is 4.62. The van der Waals surface area contributed by atoms with Gasteiger partial charge in [0.1, 0.15) is 5.75 Å². The number of aryl methyl sites for hydroxylation is 1. The molecule has 1 aromatic rings. The first kappa shape index (κ1) is 12.0. The van der Waals surface area contributed by atoms with Crippen molar-refractivity contribution in [3.8, 4) is 5.75 Å². The molecule has 0 heterocycles. The van der Waals surface area contributed by atoms with Crippen molar-refractivity contribution < 1.29 is 14.3 Å². The molecule has 0 unspecified atom stereocenters. The maximum absolute atomic E-state index is 11.3. The largest absolute Gasteiger partial charge is 0.493 e. The number of methoxy groups -OCH3 is 1. The molecule has 3 nitrogen and oxygen atoms in total. The number of alkyl halides is 1. The number of hydrogen-bond donors (Lipinski definition) is 0. The molecule has 0 fully saturated rings. The van der Waals surface area contributed by atoms with Crippen molar-refractivity contribution in [3.05, 3.63) is 29.3 Å². The lowest BCUT2D eigenvalue weighted by atomic mass is 10.1. The average molecular weight is 273 g/mol. The number of rotatable bonds is 4. The fourth-order valence-electron chi connectivity index (χ4n) is 1.22. The van der Waals surface area contributed by atoms with E-state index in [2.05, 4.69) is 20.7 Å². The smallest absolute Gasteiger partial charge is 0.338 e. The van der Waals surface area contributed by atoms with E-state index < -0.39 is 0 Å². The third kappa shape index (κ3) is 3.23. The zero-order valence-electron chi connectivity index (χ0n) is 8.75. The van der Waals surface area contributed by atoms with Crippen LogP contribution in [0.2, 0.25) is 0 Å². The Hall–Kier alpha value is -1.03. The SMILES string of the molecule is COC(=O)c1ccc(OCCBr)cc1C. The number of esters is 1. The molecular weight excluding hydrogens is 260 g/mol. The maximum atomic E-state index is 11.3. The lowest BCUT2D eigenvalue weighted by Gasteiger charge is -2.07. The Labute approximate surface area is 97.5 Å². The summed E-state index contributed by atoms with van der Waals surface area (Å²) in [7, 11) is 1.37. The minimum Gasteiger partial charge on any atom is -0.493 e. The van der Waals surface area contributed by atoms with Gasteiger partial charge in [-0.25, -0.2) is 4.79 Å². The van der Waals surface area contributed by atoms with Crippen LogP contribution in [-0.4, -0.2) is 25.0 Å².